The number of likely N-dealkylation sites (tertiary alicyclic amines) is 1. The van der Waals surface area contributed by atoms with Gasteiger partial charge >= 0.3 is 12.4 Å². The van der Waals surface area contributed by atoms with Gasteiger partial charge in [-0.25, -0.2) is 18.6 Å². The molecule has 2 saturated heterocycles. The topological polar surface area (TPSA) is 93.8 Å². The van der Waals surface area contributed by atoms with Gasteiger partial charge in [0.2, 0.25) is 11.7 Å². The SMILES string of the molecule is O=C(N1CCOCC1)N1CC(c2ccc(OC(F)(F)F)cc2)CC(c2nc(-c3ncc(F)cc3F)no2)C1. The van der Waals surface area contributed by atoms with Gasteiger partial charge in [0.1, 0.15) is 17.3 Å². The zero-order valence-corrected chi connectivity index (χ0v) is 19.8. The summed E-state index contributed by atoms with van der Waals surface area (Å²) in [6.07, 6.45) is -3.55. The van der Waals surface area contributed by atoms with Crippen molar-refractivity contribution in [3.63, 3.8) is 0 Å². The minimum absolute atomic E-state index is 0.132. The number of urea groups is 1. The van der Waals surface area contributed by atoms with Crippen molar-refractivity contribution in [2.24, 2.45) is 0 Å². The van der Waals surface area contributed by atoms with Crippen LogP contribution in [0.3, 0.4) is 0 Å². The number of hydrogen-bond acceptors (Lipinski definition) is 7. The number of piperidine rings is 1. The normalized spacial score (nSPS) is 20.4. The van der Waals surface area contributed by atoms with Crippen molar-refractivity contribution in [2.45, 2.75) is 24.6 Å². The third-order valence-electron chi connectivity index (χ3n) is 6.40. The summed E-state index contributed by atoms with van der Waals surface area (Å²) in [7, 11) is 0. The van der Waals surface area contributed by atoms with E-state index in [0.717, 1.165) is 6.20 Å². The Morgan fingerprint density at radius 3 is 2.42 bits per heavy atom. The lowest BCUT2D eigenvalue weighted by atomic mass is 9.84. The van der Waals surface area contributed by atoms with Crippen LogP contribution in [0.15, 0.2) is 41.1 Å². The fourth-order valence-electron chi connectivity index (χ4n) is 4.65. The molecule has 0 aliphatic carbocycles. The first-order valence-corrected chi connectivity index (χ1v) is 11.8. The number of rotatable bonds is 4. The third-order valence-corrected chi connectivity index (χ3v) is 6.40. The molecule has 1 aromatic carbocycles. The Kier molecular flexibility index (Phi) is 7.15. The van der Waals surface area contributed by atoms with Crippen LogP contribution in [0.4, 0.5) is 26.7 Å². The molecule has 0 spiro atoms. The molecule has 2 atom stereocenters. The number of pyridine rings is 1. The van der Waals surface area contributed by atoms with Crippen LogP contribution in [0, 0.1) is 11.6 Å². The lowest BCUT2D eigenvalue weighted by Crippen LogP contribution is -2.52. The average Bonchev–Trinajstić information content (AvgIpc) is 3.38. The van der Waals surface area contributed by atoms with Crippen molar-refractivity contribution < 1.29 is 40.7 Å². The van der Waals surface area contributed by atoms with Crippen LogP contribution < -0.4 is 4.74 Å². The Labute approximate surface area is 213 Å². The van der Waals surface area contributed by atoms with E-state index >= 15 is 0 Å². The number of carbonyl (C=O) groups is 1. The number of nitrogens with zero attached hydrogens (tertiary/aromatic N) is 5. The standard InChI is InChI=1S/C24H22F5N5O4/c25-17-10-19(26)20(30-11-17)21-31-22(38-32-21)16-9-15(14-1-3-18(4-2-14)37-24(27,28)29)12-34(13-16)23(35)33-5-7-36-8-6-33/h1-4,10-11,15-16H,5-9,12-13H2. The second kappa shape index (κ2) is 10.5. The fraction of sp³-hybridized carbons (Fsp3) is 0.417. The molecule has 0 saturated carbocycles. The Hall–Kier alpha value is -3.81. The molecule has 0 N–H and O–H groups in total. The van der Waals surface area contributed by atoms with Gasteiger partial charge in [-0.3, -0.25) is 0 Å². The van der Waals surface area contributed by atoms with Gasteiger partial charge in [-0.1, -0.05) is 17.3 Å². The molecule has 9 nitrogen and oxygen atoms in total. The van der Waals surface area contributed by atoms with E-state index in [4.69, 9.17) is 9.26 Å². The van der Waals surface area contributed by atoms with Gasteiger partial charge in [-0.05, 0) is 24.1 Å². The molecular formula is C24H22F5N5O4. The molecule has 4 heterocycles. The minimum atomic E-state index is -4.81. The lowest BCUT2D eigenvalue weighted by molar-refractivity contribution is -0.274. The maximum Gasteiger partial charge on any atom is 0.573 e. The number of halogens is 5. The Bertz CT molecular complexity index is 1280. The van der Waals surface area contributed by atoms with Gasteiger partial charge in [0, 0.05) is 38.2 Å². The summed E-state index contributed by atoms with van der Waals surface area (Å²) in [5, 5.41) is 3.79. The van der Waals surface area contributed by atoms with Crippen molar-refractivity contribution in [3.8, 4) is 17.3 Å². The molecule has 38 heavy (non-hydrogen) atoms. The lowest BCUT2D eigenvalue weighted by Gasteiger charge is -2.40. The summed E-state index contributed by atoms with van der Waals surface area (Å²) in [5.41, 5.74) is 0.408. The number of benzene rings is 1. The van der Waals surface area contributed by atoms with E-state index in [1.807, 2.05) is 0 Å². The zero-order valence-electron chi connectivity index (χ0n) is 19.8. The Balaban J connectivity index is 1.41. The van der Waals surface area contributed by atoms with E-state index in [1.165, 1.54) is 24.3 Å². The van der Waals surface area contributed by atoms with Crippen molar-refractivity contribution in [2.75, 3.05) is 39.4 Å². The fourth-order valence-corrected chi connectivity index (χ4v) is 4.65. The number of morpholine rings is 1. The third kappa shape index (κ3) is 5.85. The van der Waals surface area contributed by atoms with Crippen LogP contribution in [0.2, 0.25) is 0 Å². The first kappa shape index (κ1) is 25.8. The molecular weight excluding hydrogens is 517 g/mol. The molecule has 2 unspecified atom stereocenters. The first-order valence-electron chi connectivity index (χ1n) is 11.8. The molecule has 2 aliphatic heterocycles. The predicted molar refractivity (Wildman–Crippen MR) is 120 cm³/mol. The van der Waals surface area contributed by atoms with E-state index in [1.54, 1.807) is 9.80 Å². The molecule has 0 radical (unpaired) electrons. The smallest absolute Gasteiger partial charge is 0.406 e. The van der Waals surface area contributed by atoms with Crippen molar-refractivity contribution in [1.29, 1.82) is 0 Å². The summed E-state index contributed by atoms with van der Waals surface area (Å²) in [6.45, 7) is 2.21. The van der Waals surface area contributed by atoms with Gasteiger partial charge in [0.15, 0.2) is 5.82 Å². The van der Waals surface area contributed by atoms with Crippen molar-refractivity contribution >= 4 is 6.03 Å². The van der Waals surface area contributed by atoms with Crippen LogP contribution in [-0.2, 0) is 4.74 Å². The summed E-state index contributed by atoms with van der Waals surface area (Å²) < 4.78 is 79.9. The quantitative estimate of drug-likeness (QED) is 0.456. The largest absolute Gasteiger partial charge is 0.573 e. The molecule has 3 aromatic rings. The number of carbonyl (C=O) groups excluding carboxylic acids is 1. The average molecular weight is 539 g/mol. The molecule has 2 amide bonds. The molecule has 5 rings (SSSR count). The predicted octanol–water partition coefficient (Wildman–Crippen LogP) is 4.33. The minimum Gasteiger partial charge on any atom is -0.406 e. The van der Waals surface area contributed by atoms with Crippen LogP contribution in [-0.4, -0.2) is 76.7 Å². The summed E-state index contributed by atoms with van der Waals surface area (Å²) in [5.74, 6) is -2.95. The number of hydrogen-bond donors (Lipinski definition) is 0. The number of alkyl halides is 3. The Morgan fingerprint density at radius 2 is 1.74 bits per heavy atom. The van der Waals surface area contributed by atoms with Crippen LogP contribution in [0.5, 0.6) is 5.75 Å². The first-order chi connectivity index (χ1) is 18.2. The summed E-state index contributed by atoms with van der Waals surface area (Å²) in [4.78, 5) is 24.6. The molecule has 2 aromatic heterocycles. The summed E-state index contributed by atoms with van der Waals surface area (Å²) >= 11 is 0. The van der Waals surface area contributed by atoms with Gasteiger partial charge in [-0.2, -0.15) is 4.98 Å². The number of amides is 2. The highest BCUT2D eigenvalue weighted by molar-refractivity contribution is 5.75. The highest BCUT2D eigenvalue weighted by Crippen LogP contribution is 2.37. The van der Waals surface area contributed by atoms with E-state index in [2.05, 4.69) is 19.9 Å². The van der Waals surface area contributed by atoms with Gasteiger partial charge in [0.25, 0.3) is 0 Å². The summed E-state index contributed by atoms with van der Waals surface area (Å²) in [6, 6.07) is 5.91. The van der Waals surface area contributed by atoms with Gasteiger partial charge in [0.05, 0.1) is 25.3 Å². The molecule has 2 aliphatic rings. The second-order valence-electron chi connectivity index (χ2n) is 8.97. The highest BCUT2D eigenvalue weighted by atomic mass is 19.4. The van der Waals surface area contributed by atoms with Crippen LogP contribution in [0.25, 0.3) is 11.5 Å². The maximum absolute atomic E-state index is 14.2. The van der Waals surface area contributed by atoms with Crippen LogP contribution in [0.1, 0.15) is 29.7 Å². The zero-order chi connectivity index (χ0) is 26.9. The molecule has 14 heteroatoms. The molecule has 202 valence electrons. The highest BCUT2D eigenvalue weighted by Gasteiger charge is 2.37. The van der Waals surface area contributed by atoms with Crippen LogP contribution >= 0.6 is 0 Å². The maximum atomic E-state index is 14.2. The Morgan fingerprint density at radius 1 is 1.03 bits per heavy atom. The molecule has 0 bridgehead atoms. The monoisotopic (exact) mass is 539 g/mol. The van der Waals surface area contributed by atoms with Crippen molar-refractivity contribution in [1.82, 2.24) is 24.9 Å². The van der Waals surface area contributed by atoms with Crippen molar-refractivity contribution in [3.05, 3.63) is 59.6 Å². The van der Waals surface area contributed by atoms with E-state index < -0.39 is 23.9 Å². The van der Waals surface area contributed by atoms with Gasteiger partial charge < -0.3 is 23.8 Å². The number of aromatic nitrogens is 3. The van der Waals surface area contributed by atoms with Gasteiger partial charge in [-0.15, -0.1) is 13.2 Å². The van der Waals surface area contributed by atoms with E-state index in [9.17, 15) is 26.7 Å². The molecule has 2 fully saturated rings. The van der Waals surface area contributed by atoms with E-state index in [-0.39, 0.29) is 41.7 Å². The van der Waals surface area contributed by atoms with E-state index in [0.29, 0.717) is 50.9 Å². The second-order valence-corrected chi connectivity index (χ2v) is 8.97. The number of ether oxygens (including phenoxy) is 2.